The third-order valence-electron chi connectivity index (χ3n) is 9.74. The number of amidine groups is 1. The number of anilines is 1. The normalized spacial score (nSPS) is 18.3. The molecule has 11 heteroatoms. The van der Waals surface area contributed by atoms with Gasteiger partial charge in [0.25, 0.3) is 5.91 Å². The van der Waals surface area contributed by atoms with Gasteiger partial charge in [-0.2, -0.15) is 0 Å². The van der Waals surface area contributed by atoms with Crippen LogP contribution in [0.1, 0.15) is 82.0 Å². The van der Waals surface area contributed by atoms with Gasteiger partial charge in [-0.05, 0) is 73.6 Å². The second-order valence-corrected chi connectivity index (χ2v) is 15.6. The average Bonchev–Trinajstić information content (AvgIpc) is 3.57. The minimum atomic E-state index is -0.716. The second kappa shape index (κ2) is 15.0. The van der Waals surface area contributed by atoms with Gasteiger partial charge in [0, 0.05) is 43.1 Å². The maximum absolute atomic E-state index is 13.9. The third kappa shape index (κ3) is 7.67. The van der Waals surface area contributed by atoms with Crippen molar-refractivity contribution in [3.8, 4) is 5.88 Å². The number of amides is 1. The van der Waals surface area contributed by atoms with Crippen molar-refractivity contribution in [2.75, 3.05) is 24.6 Å². The molecule has 5 rings (SSSR count). The van der Waals surface area contributed by atoms with E-state index in [1.165, 1.54) is 21.8 Å². The lowest BCUT2D eigenvalue weighted by Gasteiger charge is -2.31. The smallest absolute Gasteiger partial charge is 0.307 e. The lowest BCUT2D eigenvalue weighted by Crippen LogP contribution is -2.40. The third-order valence-corrected chi connectivity index (χ3v) is 11.2. The van der Waals surface area contributed by atoms with Gasteiger partial charge < -0.3 is 14.7 Å². The van der Waals surface area contributed by atoms with Gasteiger partial charge >= 0.3 is 5.97 Å². The Hall–Kier alpha value is -3.83. The van der Waals surface area contributed by atoms with Gasteiger partial charge in [0.2, 0.25) is 5.88 Å². The van der Waals surface area contributed by atoms with Crippen molar-refractivity contribution >= 4 is 52.7 Å². The molecule has 0 spiro atoms. The minimum Gasteiger partial charge on any atom is -0.493 e. The van der Waals surface area contributed by atoms with E-state index < -0.39 is 6.04 Å². The highest BCUT2D eigenvalue weighted by molar-refractivity contribution is 7.73. The molecule has 1 amide bonds. The Balaban J connectivity index is 1.36. The number of aromatic nitrogens is 1. The maximum Gasteiger partial charge on any atom is 0.307 e. The summed E-state index contributed by atoms with van der Waals surface area (Å²) in [6, 6.07) is 13.8. The molecule has 0 saturated heterocycles. The number of hydrogen-bond donors (Lipinski definition) is 1. The number of thiazole rings is 1. The molecule has 3 aromatic rings. The van der Waals surface area contributed by atoms with E-state index in [1.807, 2.05) is 31.2 Å². The van der Waals surface area contributed by atoms with Crippen LogP contribution in [0, 0.1) is 9.87 Å². The number of Topliss-reactive ketones (excluding diaryl/α,β-unsaturated/α-hetero) is 1. The summed E-state index contributed by atoms with van der Waals surface area (Å²) in [7, 11) is 0. The van der Waals surface area contributed by atoms with Gasteiger partial charge in [-0.3, -0.25) is 28.8 Å². The first-order valence-corrected chi connectivity index (χ1v) is 18.4. The van der Waals surface area contributed by atoms with Gasteiger partial charge in [-0.1, -0.05) is 75.4 Å². The Morgan fingerprint density at radius 1 is 1.08 bits per heavy atom. The van der Waals surface area contributed by atoms with Crippen molar-refractivity contribution in [3.63, 3.8) is 0 Å². The number of carbonyl (C=O) groups is 3. The molecule has 2 aliphatic heterocycles. The number of fused-ring (bicyclic) bond motifs is 1. The molecule has 3 heterocycles. The van der Waals surface area contributed by atoms with Gasteiger partial charge in [0.1, 0.15) is 10.9 Å². The summed E-state index contributed by atoms with van der Waals surface area (Å²) >= 11 is 6.69. The number of ether oxygens (including phenoxy) is 1. The van der Waals surface area contributed by atoms with E-state index in [-0.39, 0.29) is 48.0 Å². The van der Waals surface area contributed by atoms with Crippen molar-refractivity contribution < 1.29 is 24.2 Å². The molecule has 49 heavy (non-hydrogen) atoms. The number of nitrogens with zero attached hydrogens (tertiary/aromatic N) is 4. The van der Waals surface area contributed by atoms with Crippen LogP contribution >= 0.6 is 23.6 Å². The summed E-state index contributed by atoms with van der Waals surface area (Å²) in [6.45, 7) is 15.8. The van der Waals surface area contributed by atoms with Crippen LogP contribution in [0.25, 0.3) is 0 Å². The Morgan fingerprint density at radius 2 is 1.76 bits per heavy atom. The summed E-state index contributed by atoms with van der Waals surface area (Å²) < 4.78 is 7.23. The number of carbonyl (C=O) groups excluding carboxylic acids is 3. The first-order chi connectivity index (χ1) is 23.2. The van der Waals surface area contributed by atoms with E-state index in [2.05, 4.69) is 57.7 Å². The summed E-state index contributed by atoms with van der Waals surface area (Å²) in [4.78, 5) is 48.7. The Kier molecular flexibility index (Phi) is 11.1. The molecule has 2 unspecified atom stereocenters. The van der Waals surface area contributed by atoms with E-state index in [1.54, 1.807) is 11.5 Å². The average molecular weight is 705 g/mol. The summed E-state index contributed by atoms with van der Waals surface area (Å²) in [5.41, 5.74) is 5.05. The van der Waals surface area contributed by atoms with Crippen LogP contribution < -0.4 is 4.90 Å². The Labute approximate surface area is 298 Å². The number of rotatable bonds is 14. The van der Waals surface area contributed by atoms with Crippen LogP contribution in [-0.4, -0.2) is 69.8 Å². The van der Waals surface area contributed by atoms with Crippen LogP contribution in [0.2, 0.25) is 0 Å². The Morgan fingerprint density at radius 3 is 2.39 bits per heavy atom. The Bertz CT molecular complexity index is 1810. The summed E-state index contributed by atoms with van der Waals surface area (Å²) in [5, 5.41) is 11.1. The molecule has 2 aliphatic rings. The zero-order chi connectivity index (χ0) is 35.6. The van der Waals surface area contributed by atoms with Gasteiger partial charge in [0.05, 0.1) is 19.6 Å². The summed E-state index contributed by atoms with van der Waals surface area (Å²) in [6.07, 6.45) is 1.81. The van der Waals surface area contributed by atoms with Crippen LogP contribution in [0.15, 0.2) is 47.5 Å². The van der Waals surface area contributed by atoms with Crippen molar-refractivity contribution in [3.05, 3.63) is 73.5 Å². The quantitative estimate of drug-likeness (QED) is 0.148. The van der Waals surface area contributed by atoms with E-state index in [4.69, 9.17) is 21.9 Å². The number of hydrogen-bond acceptors (Lipinski definition) is 9. The molecule has 2 atom stereocenters. The highest BCUT2D eigenvalue weighted by Gasteiger charge is 2.42. The van der Waals surface area contributed by atoms with Crippen LogP contribution in [0.3, 0.4) is 0 Å². The number of aromatic hydroxyl groups is 1. The van der Waals surface area contributed by atoms with E-state index in [0.29, 0.717) is 53.1 Å². The highest BCUT2D eigenvalue weighted by Crippen LogP contribution is 2.45. The van der Waals surface area contributed by atoms with E-state index >= 15 is 0 Å². The lowest BCUT2D eigenvalue weighted by atomic mass is 9.80. The van der Waals surface area contributed by atoms with Crippen molar-refractivity contribution in [1.82, 2.24) is 9.47 Å². The SMILES string of the molecule is CCOC(=O)CCN1c2ccc(CC(=O)CN3C(=O)C(Cc4ccc(CC(C)C)cc4)N=C3c3sc(=S)n(CC)c3O)cc2C(C)(C)C1C. The number of benzene rings is 2. The van der Waals surface area contributed by atoms with E-state index in [0.717, 1.165) is 28.8 Å². The zero-order valence-corrected chi connectivity index (χ0v) is 31.2. The number of ketones is 1. The maximum atomic E-state index is 13.9. The molecule has 9 nitrogen and oxygen atoms in total. The molecule has 0 fully saturated rings. The molecular formula is C38H48N4O5S2. The van der Waals surface area contributed by atoms with E-state index in [9.17, 15) is 19.5 Å². The lowest BCUT2D eigenvalue weighted by molar-refractivity contribution is -0.142. The van der Waals surface area contributed by atoms with Gasteiger partial charge in [-0.25, -0.2) is 0 Å². The molecule has 0 radical (unpaired) electrons. The standard InChI is InChI=1S/C38H48N4O5S2/c1-8-40-36(46)33(49-37(40)48)34-39-30(21-26-12-10-25(11-13-26)18-23(3)4)35(45)42(34)22-28(43)19-27-14-15-31-29(20-27)38(6,7)24(5)41(31)17-16-32(44)47-9-2/h10-15,20,23-24,30,46H,8-9,16-19,21-22H2,1-7H3. The topological polar surface area (TPSA) is 104 Å². The fraction of sp³-hybridized carbons (Fsp3) is 0.500. The first kappa shape index (κ1) is 36.5. The van der Waals surface area contributed by atoms with Crippen molar-refractivity contribution in [2.45, 2.75) is 98.2 Å². The van der Waals surface area contributed by atoms with Crippen LogP contribution in [0.4, 0.5) is 5.69 Å². The predicted molar refractivity (Wildman–Crippen MR) is 197 cm³/mol. The van der Waals surface area contributed by atoms with Crippen LogP contribution in [-0.2, 0) is 50.3 Å². The number of esters is 1. The van der Waals surface area contributed by atoms with Crippen molar-refractivity contribution in [2.24, 2.45) is 10.9 Å². The zero-order valence-electron chi connectivity index (χ0n) is 29.6. The van der Waals surface area contributed by atoms with Gasteiger partial charge in [0.15, 0.2) is 15.6 Å². The molecule has 2 aromatic carbocycles. The van der Waals surface area contributed by atoms with Crippen LogP contribution in [0.5, 0.6) is 5.88 Å². The fourth-order valence-corrected chi connectivity index (χ4v) is 8.27. The molecule has 0 saturated carbocycles. The fourth-order valence-electron chi connectivity index (χ4n) is 6.85. The van der Waals surface area contributed by atoms with Crippen molar-refractivity contribution in [1.29, 1.82) is 0 Å². The highest BCUT2D eigenvalue weighted by atomic mass is 32.1. The molecular weight excluding hydrogens is 657 g/mol. The summed E-state index contributed by atoms with van der Waals surface area (Å²) in [5.74, 6) is 0.180. The molecule has 0 aliphatic carbocycles. The number of aliphatic imine (C=N–C) groups is 1. The monoisotopic (exact) mass is 704 g/mol. The largest absolute Gasteiger partial charge is 0.493 e. The molecule has 0 bridgehead atoms. The molecule has 1 N–H and O–H groups in total. The van der Waals surface area contributed by atoms with Gasteiger partial charge in [-0.15, -0.1) is 0 Å². The predicted octanol–water partition coefficient (Wildman–Crippen LogP) is 6.65. The second-order valence-electron chi connectivity index (χ2n) is 14.0. The minimum absolute atomic E-state index is 0.0392. The first-order valence-electron chi connectivity index (χ1n) is 17.2. The molecule has 262 valence electrons. The molecule has 1 aromatic heterocycles.